The number of rotatable bonds is 21. The summed E-state index contributed by atoms with van der Waals surface area (Å²) in [7, 11) is 1.52. The van der Waals surface area contributed by atoms with E-state index < -0.39 is 66.7 Å². The van der Waals surface area contributed by atoms with Gasteiger partial charge < -0.3 is 42.7 Å². The van der Waals surface area contributed by atoms with Gasteiger partial charge in [0.15, 0.2) is 12.4 Å². The minimum atomic E-state index is -1.19. The van der Waals surface area contributed by atoms with Crippen LogP contribution in [-0.4, -0.2) is 91.7 Å². The number of furan rings is 1. The maximum atomic E-state index is 14.7. The minimum absolute atomic E-state index is 0.0374. The monoisotopic (exact) mass is 939 g/mol. The van der Waals surface area contributed by atoms with E-state index >= 15 is 0 Å². The zero-order valence-corrected chi connectivity index (χ0v) is 37.5. The second-order valence-electron chi connectivity index (χ2n) is 15.8. The first-order chi connectivity index (χ1) is 31.2. The number of halogens is 1. The Morgan fingerprint density at radius 2 is 1.38 bits per heavy atom. The Bertz CT molecular complexity index is 2230. The van der Waals surface area contributed by atoms with Crippen molar-refractivity contribution in [2.75, 3.05) is 26.9 Å². The molecule has 2 aliphatic rings. The van der Waals surface area contributed by atoms with Crippen LogP contribution in [0.25, 0.3) is 0 Å². The largest absolute Gasteiger partial charge is 0.461 e. The molecule has 1 N–H and O–H groups in total. The molecule has 0 unspecified atom stereocenters. The zero-order valence-electron chi connectivity index (χ0n) is 35.9. The number of hydrogen-bond donors (Lipinski definition) is 1. The van der Waals surface area contributed by atoms with Crippen molar-refractivity contribution in [2.45, 2.75) is 88.7 Å². The number of methoxy groups -OCH3 is 1. The van der Waals surface area contributed by atoms with E-state index in [1.807, 2.05) is 121 Å². The van der Waals surface area contributed by atoms with Gasteiger partial charge in [-0.3, -0.25) is 9.59 Å². The lowest BCUT2D eigenvalue weighted by molar-refractivity contribution is -0.319. The van der Waals surface area contributed by atoms with Crippen LogP contribution in [-0.2, 0) is 75.2 Å². The molecule has 14 heteroatoms. The highest BCUT2D eigenvalue weighted by molar-refractivity contribution is 9.10. The molecule has 0 bridgehead atoms. The van der Waals surface area contributed by atoms with Gasteiger partial charge in [-0.1, -0.05) is 121 Å². The Hall–Kier alpha value is -5.19. The Balaban J connectivity index is 1.09. The van der Waals surface area contributed by atoms with Crippen molar-refractivity contribution in [2.24, 2.45) is 5.92 Å². The van der Waals surface area contributed by atoms with Crippen molar-refractivity contribution in [3.05, 3.63) is 166 Å². The van der Waals surface area contributed by atoms with Crippen molar-refractivity contribution < 1.29 is 57.1 Å². The number of ether oxygens (including phenoxy) is 7. The first-order valence-corrected chi connectivity index (χ1v) is 22.3. The third-order valence-electron chi connectivity index (χ3n) is 11.3. The number of carbonyl (C=O) groups excluding carboxylic acids is 3. The van der Waals surface area contributed by atoms with Crippen LogP contribution in [0, 0.1) is 5.92 Å². The van der Waals surface area contributed by atoms with E-state index in [2.05, 4.69) is 15.9 Å². The van der Waals surface area contributed by atoms with Crippen LogP contribution >= 0.6 is 15.9 Å². The van der Waals surface area contributed by atoms with Gasteiger partial charge in [-0.15, -0.1) is 0 Å². The van der Waals surface area contributed by atoms with E-state index in [1.165, 1.54) is 14.0 Å². The van der Waals surface area contributed by atoms with E-state index in [1.54, 1.807) is 6.07 Å². The number of imide groups is 1. The van der Waals surface area contributed by atoms with Crippen LogP contribution < -0.4 is 0 Å². The van der Waals surface area contributed by atoms with Gasteiger partial charge >= 0.3 is 12.1 Å². The SMILES string of the molecule is CO[C@H]1O[C@H](CO)[C@@H](OCc2ccccc2)[C@H](OCc2ccccc2)[C@@H]1OCCCc1oc([C@H](OC(C)=O)[C@@H](Cc2ccccc2)C(=O)N2C(=O)OC[C@H]2Cc2ccccc2)cc1Br. The Morgan fingerprint density at radius 1 is 0.797 bits per heavy atom. The normalized spacial score (nSPS) is 21.9. The van der Waals surface area contributed by atoms with Gasteiger partial charge in [0.2, 0.25) is 5.91 Å². The van der Waals surface area contributed by atoms with Gasteiger partial charge in [0, 0.05) is 27.1 Å². The predicted octanol–water partition coefficient (Wildman–Crippen LogP) is 7.95. The summed E-state index contributed by atoms with van der Waals surface area (Å²) in [4.78, 5) is 41.9. The molecule has 7 rings (SSSR count). The fourth-order valence-electron chi connectivity index (χ4n) is 8.16. The minimum Gasteiger partial charge on any atom is -0.461 e. The summed E-state index contributed by atoms with van der Waals surface area (Å²) >= 11 is 3.64. The van der Waals surface area contributed by atoms with Crippen molar-refractivity contribution in [3.8, 4) is 0 Å². The molecule has 2 fully saturated rings. The number of esters is 1. The molecule has 8 atom stereocenters. The summed E-state index contributed by atoms with van der Waals surface area (Å²) in [5, 5.41) is 10.4. The molecule has 0 aliphatic carbocycles. The first kappa shape index (κ1) is 46.8. The summed E-state index contributed by atoms with van der Waals surface area (Å²) in [6.45, 7) is 1.73. The van der Waals surface area contributed by atoms with Crippen molar-refractivity contribution in [3.63, 3.8) is 0 Å². The van der Waals surface area contributed by atoms with Gasteiger partial charge in [0.1, 0.15) is 42.5 Å². The zero-order chi connectivity index (χ0) is 44.8. The fraction of sp³-hybridized carbons (Fsp3) is 0.380. The van der Waals surface area contributed by atoms with Crippen LogP contribution in [0.1, 0.15) is 53.2 Å². The Labute approximate surface area is 381 Å². The summed E-state index contributed by atoms with van der Waals surface area (Å²) in [5.41, 5.74) is 3.65. The maximum absolute atomic E-state index is 14.7. The van der Waals surface area contributed by atoms with Crippen molar-refractivity contribution in [1.29, 1.82) is 0 Å². The Morgan fingerprint density at radius 3 is 1.95 bits per heavy atom. The van der Waals surface area contributed by atoms with E-state index in [9.17, 15) is 19.5 Å². The molecule has 2 amide bonds. The van der Waals surface area contributed by atoms with E-state index in [0.717, 1.165) is 27.2 Å². The average Bonchev–Trinajstić information content (AvgIpc) is 3.88. The van der Waals surface area contributed by atoms with Gasteiger partial charge in [-0.2, -0.15) is 0 Å². The highest BCUT2D eigenvalue weighted by Gasteiger charge is 2.49. The number of benzene rings is 4. The molecule has 5 aromatic rings. The van der Waals surface area contributed by atoms with Crippen molar-refractivity contribution >= 4 is 33.9 Å². The smallest absolute Gasteiger partial charge is 0.416 e. The van der Waals surface area contributed by atoms with Gasteiger partial charge in [-0.25, -0.2) is 9.69 Å². The number of aliphatic hydroxyl groups excluding tert-OH is 1. The van der Waals surface area contributed by atoms with Gasteiger partial charge in [-0.05, 0) is 63.5 Å². The number of hydrogen-bond acceptors (Lipinski definition) is 12. The molecule has 64 heavy (non-hydrogen) atoms. The Kier molecular flexibility index (Phi) is 16.9. The quantitative estimate of drug-likeness (QED) is 0.0562. The number of carbonyl (C=O) groups is 3. The summed E-state index contributed by atoms with van der Waals surface area (Å²) in [6.07, 6.45) is -4.30. The first-order valence-electron chi connectivity index (χ1n) is 21.5. The van der Waals surface area contributed by atoms with Crippen LogP contribution in [0.4, 0.5) is 4.79 Å². The molecule has 338 valence electrons. The maximum Gasteiger partial charge on any atom is 0.416 e. The van der Waals surface area contributed by atoms with E-state index in [-0.39, 0.29) is 45.2 Å². The number of aryl methyl sites for hydroxylation is 1. The predicted molar refractivity (Wildman–Crippen MR) is 238 cm³/mol. The number of amides is 2. The van der Waals surface area contributed by atoms with Crippen molar-refractivity contribution in [1.82, 2.24) is 4.90 Å². The second kappa shape index (κ2) is 23.1. The second-order valence-corrected chi connectivity index (χ2v) is 16.7. The third kappa shape index (κ3) is 12.1. The summed E-state index contributed by atoms with van der Waals surface area (Å²) in [5.74, 6) is -1.43. The lowest BCUT2D eigenvalue weighted by Crippen LogP contribution is -2.61. The molecular weight excluding hydrogens is 886 g/mol. The fourth-order valence-corrected chi connectivity index (χ4v) is 8.66. The summed E-state index contributed by atoms with van der Waals surface area (Å²) < 4.78 is 49.9. The standard InChI is InChI=1S/C50H54BrNO12/c1-33(54)62-44(39(27-35-18-9-4-10-19-35)48(55)52-38(32-61-50(52)56)26-34-16-7-3-8-17-34)42-28-40(51)41(63-42)24-15-25-58-47-46(60-31-37-22-13-6-14-23-37)45(43(29-53)64-49(47)57-2)59-30-36-20-11-5-12-21-36/h3-14,16-23,28,38-39,43-47,49,53H,15,24-27,29-32H2,1-2H3/t38-,39-,43-,44-,45-,46+,47+,49+/m1/s1. The molecule has 3 heterocycles. The molecule has 0 saturated carbocycles. The number of aliphatic hydroxyl groups is 1. The third-order valence-corrected chi connectivity index (χ3v) is 11.9. The van der Waals surface area contributed by atoms with Crippen LogP contribution in [0.2, 0.25) is 0 Å². The van der Waals surface area contributed by atoms with Crippen LogP contribution in [0.5, 0.6) is 0 Å². The molecule has 1 aromatic heterocycles. The number of cyclic esters (lactones) is 1. The summed E-state index contributed by atoms with van der Waals surface area (Å²) in [6, 6.07) is 39.5. The average molecular weight is 941 g/mol. The van der Waals surface area contributed by atoms with Crippen LogP contribution in [0.15, 0.2) is 136 Å². The molecule has 0 radical (unpaired) electrons. The van der Waals surface area contributed by atoms with Gasteiger partial charge in [0.25, 0.3) is 0 Å². The molecule has 4 aromatic carbocycles. The lowest BCUT2D eigenvalue weighted by atomic mass is 9.90. The molecule has 13 nitrogen and oxygen atoms in total. The van der Waals surface area contributed by atoms with E-state index in [4.69, 9.17) is 37.6 Å². The van der Waals surface area contributed by atoms with Crippen LogP contribution in [0.3, 0.4) is 0 Å². The molecule has 2 saturated heterocycles. The van der Waals surface area contributed by atoms with Gasteiger partial charge in [0.05, 0.1) is 36.3 Å². The van der Waals surface area contributed by atoms with E-state index in [0.29, 0.717) is 29.5 Å². The highest BCUT2D eigenvalue weighted by atomic mass is 79.9. The molecule has 0 spiro atoms. The molecular formula is C50H54BrNO12. The number of nitrogens with zero attached hydrogens (tertiary/aromatic N) is 1. The topological polar surface area (TPSA) is 152 Å². The highest BCUT2D eigenvalue weighted by Crippen LogP contribution is 2.37. The molecule has 2 aliphatic heterocycles. The lowest BCUT2D eigenvalue weighted by Gasteiger charge is -2.45.